The highest BCUT2D eigenvalue weighted by molar-refractivity contribution is 5.94. The Labute approximate surface area is 167 Å². The van der Waals surface area contributed by atoms with Gasteiger partial charge in [0.1, 0.15) is 0 Å². The summed E-state index contributed by atoms with van der Waals surface area (Å²) >= 11 is 0. The predicted octanol–water partition coefficient (Wildman–Crippen LogP) is 4.01. The maximum atomic E-state index is 12.7. The zero-order chi connectivity index (χ0) is 19.9. The minimum absolute atomic E-state index is 0.0531. The molecule has 1 N–H and O–H groups in total. The molecule has 146 valence electrons. The Balaban J connectivity index is 1.64. The second-order valence-electron chi connectivity index (χ2n) is 7.45. The molecule has 5 nitrogen and oxygen atoms in total. The van der Waals surface area contributed by atoms with E-state index in [-0.39, 0.29) is 11.9 Å². The molecule has 0 spiro atoms. The molecule has 1 aliphatic rings. The Kier molecular flexibility index (Phi) is 6.67. The number of benzene rings is 2. The summed E-state index contributed by atoms with van der Waals surface area (Å²) in [6.45, 7) is 4.85. The van der Waals surface area contributed by atoms with Crippen LogP contribution in [0.1, 0.15) is 37.3 Å². The van der Waals surface area contributed by atoms with E-state index >= 15 is 0 Å². The van der Waals surface area contributed by atoms with Crippen LogP contribution in [0.15, 0.2) is 48.5 Å². The average Bonchev–Trinajstić information content (AvgIpc) is 2.74. The summed E-state index contributed by atoms with van der Waals surface area (Å²) in [6, 6.07) is 17.3. The maximum Gasteiger partial charge on any atom is 0.241 e. The fourth-order valence-electron chi connectivity index (χ4n) is 3.57. The van der Waals surface area contributed by atoms with Crippen LogP contribution in [0.25, 0.3) is 0 Å². The smallest absolute Gasteiger partial charge is 0.241 e. The van der Waals surface area contributed by atoms with E-state index in [0.29, 0.717) is 17.8 Å². The monoisotopic (exact) mass is 376 g/mol. The van der Waals surface area contributed by atoms with Crippen molar-refractivity contribution in [2.75, 3.05) is 30.4 Å². The summed E-state index contributed by atoms with van der Waals surface area (Å²) in [7, 11) is 1.98. The number of nitrogens with zero attached hydrogens (tertiary/aromatic N) is 3. The SMILES string of the molecule is C[C@H](C(=O)Nc1ccc(C#N)cc1)N(C)Cc1ccccc1N1CCCCC1. The molecule has 5 heteroatoms. The molecule has 0 saturated carbocycles. The zero-order valence-corrected chi connectivity index (χ0v) is 16.7. The topological polar surface area (TPSA) is 59.4 Å². The molecule has 1 amide bonds. The second kappa shape index (κ2) is 9.38. The van der Waals surface area contributed by atoms with Gasteiger partial charge in [-0.25, -0.2) is 0 Å². The molecule has 1 atom stereocenters. The zero-order valence-electron chi connectivity index (χ0n) is 16.7. The Morgan fingerprint density at radius 1 is 1.14 bits per heavy atom. The van der Waals surface area contributed by atoms with Crippen LogP contribution in [0.3, 0.4) is 0 Å². The first-order chi connectivity index (χ1) is 13.6. The van der Waals surface area contributed by atoms with Gasteiger partial charge in [0.25, 0.3) is 0 Å². The fraction of sp³-hybridized carbons (Fsp3) is 0.391. The lowest BCUT2D eigenvalue weighted by molar-refractivity contribution is -0.120. The van der Waals surface area contributed by atoms with E-state index in [1.54, 1.807) is 24.3 Å². The van der Waals surface area contributed by atoms with Crippen LogP contribution in [0, 0.1) is 11.3 Å². The van der Waals surface area contributed by atoms with Crippen molar-refractivity contribution in [2.45, 2.75) is 38.8 Å². The van der Waals surface area contributed by atoms with Gasteiger partial charge in [-0.3, -0.25) is 9.69 Å². The molecule has 2 aromatic carbocycles. The molecule has 1 aliphatic heterocycles. The van der Waals surface area contributed by atoms with Crippen molar-refractivity contribution in [3.8, 4) is 6.07 Å². The number of carbonyl (C=O) groups excluding carboxylic acids is 1. The van der Waals surface area contributed by atoms with Gasteiger partial charge in [0.05, 0.1) is 17.7 Å². The molecule has 1 fully saturated rings. The van der Waals surface area contributed by atoms with Crippen LogP contribution >= 0.6 is 0 Å². The van der Waals surface area contributed by atoms with E-state index in [1.165, 1.54) is 30.5 Å². The first-order valence-corrected chi connectivity index (χ1v) is 9.92. The minimum Gasteiger partial charge on any atom is -0.371 e. The van der Waals surface area contributed by atoms with Crippen LogP contribution < -0.4 is 10.2 Å². The normalized spacial score (nSPS) is 15.1. The molecule has 1 heterocycles. The standard InChI is InChI=1S/C23H28N4O/c1-18(23(28)25-21-12-10-19(16-24)11-13-21)26(2)17-20-8-4-5-9-22(20)27-14-6-3-7-15-27/h4-5,8-13,18H,3,6-7,14-15,17H2,1-2H3,(H,25,28)/t18-/m1/s1. The van der Waals surface area contributed by atoms with E-state index in [4.69, 9.17) is 5.26 Å². The molecule has 0 aromatic heterocycles. The highest BCUT2D eigenvalue weighted by atomic mass is 16.2. The quantitative estimate of drug-likeness (QED) is 0.828. The summed E-state index contributed by atoms with van der Waals surface area (Å²) in [5.74, 6) is -0.0531. The van der Waals surface area contributed by atoms with Crippen molar-refractivity contribution in [2.24, 2.45) is 0 Å². The molecule has 1 saturated heterocycles. The van der Waals surface area contributed by atoms with E-state index in [1.807, 2.05) is 14.0 Å². The Morgan fingerprint density at radius 3 is 2.50 bits per heavy atom. The summed E-state index contributed by atoms with van der Waals surface area (Å²) in [6.07, 6.45) is 3.80. The molecule has 3 rings (SSSR count). The molecule has 0 unspecified atom stereocenters. The van der Waals surface area contributed by atoms with Crippen LogP contribution in [0.5, 0.6) is 0 Å². The maximum absolute atomic E-state index is 12.7. The molecule has 2 aromatic rings. The Bertz CT molecular complexity index is 834. The van der Waals surface area contributed by atoms with Gasteiger partial charge in [0, 0.05) is 31.0 Å². The minimum atomic E-state index is -0.273. The van der Waals surface area contributed by atoms with Gasteiger partial charge in [0.15, 0.2) is 0 Å². The third-order valence-corrected chi connectivity index (χ3v) is 5.43. The van der Waals surface area contributed by atoms with Crippen molar-refractivity contribution in [3.05, 3.63) is 59.7 Å². The third-order valence-electron chi connectivity index (χ3n) is 5.43. The number of anilines is 2. The van der Waals surface area contributed by atoms with Crippen molar-refractivity contribution < 1.29 is 4.79 Å². The highest BCUT2D eigenvalue weighted by Crippen LogP contribution is 2.25. The van der Waals surface area contributed by atoms with E-state index in [0.717, 1.165) is 13.1 Å². The molecule has 0 radical (unpaired) electrons. The van der Waals surface area contributed by atoms with Gasteiger partial charge >= 0.3 is 0 Å². The number of para-hydroxylation sites is 1. The van der Waals surface area contributed by atoms with E-state index < -0.39 is 0 Å². The van der Waals surface area contributed by atoms with Crippen molar-refractivity contribution in [3.63, 3.8) is 0 Å². The number of hydrogen-bond acceptors (Lipinski definition) is 4. The van der Waals surface area contributed by atoms with Crippen LogP contribution in [-0.4, -0.2) is 37.0 Å². The van der Waals surface area contributed by atoms with Crippen molar-refractivity contribution in [1.82, 2.24) is 4.90 Å². The van der Waals surface area contributed by atoms with Gasteiger partial charge < -0.3 is 10.2 Å². The number of amides is 1. The lowest BCUT2D eigenvalue weighted by atomic mass is 10.1. The average molecular weight is 377 g/mol. The van der Waals surface area contributed by atoms with Crippen molar-refractivity contribution >= 4 is 17.3 Å². The predicted molar refractivity (Wildman–Crippen MR) is 113 cm³/mol. The number of carbonyl (C=O) groups is 1. The van der Waals surface area contributed by atoms with Gasteiger partial charge in [-0.2, -0.15) is 5.26 Å². The molecular formula is C23H28N4O. The van der Waals surface area contributed by atoms with Crippen LogP contribution in [-0.2, 0) is 11.3 Å². The van der Waals surface area contributed by atoms with Crippen LogP contribution in [0.2, 0.25) is 0 Å². The van der Waals surface area contributed by atoms with E-state index in [2.05, 4.69) is 45.5 Å². The number of nitrogens with one attached hydrogen (secondary N) is 1. The summed E-state index contributed by atoms with van der Waals surface area (Å²) < 4.78 is 0. The molecule has 28 heavy (non-hydrogen) atoms. The first kappa shape index (κ1) is 19.9. The van der Waals surface area contributed by atoms with E-state index in [9.17, 15) is 4.79 Å². The van der Waals surface area contributed by atoms with Gasteiger partial charge in [0.2, 0.25) is 5.91 Å². The number of rotatable bonds is 6. The Morgan fingerprint density at radius 2 is 1.82 bits per heavy atom. The second-order valence-corrected chi connectivity index (χ2v) is 7.45. The van der Waals surface area contributed by atoms with Gasteiger partial charge in [-0.1, -0.05) is 18.2 Å². The third kappa shape index (κ3) is 4.90. The summed E-state index contributed by atoms with van der Waals surface area (Å²) in [4.78, 5) is 17.2. The summed E-state index contributed by atoms with van der Waals surface area (Å²) in [5.41, 5.74) is 3.83. The van der Waals surface area contributed by atoms with Crippen LogP contribution in [0.4, 0.5) is 11.4 Å². The highest BCUT2D eigenvalue weighted by Gasteiger charge is 2.21. The van der Waals surface area contributed by atoms with Crippen molar-refractivity contribution in [1.29, 1.82) is 5.26 Å². The number of hydrogen-bond donors (Lipinski definition) is 1. The molecule has 0 aliphatic carbocycles. The number of piperidine rings is 1. The first-order valence-electron chi connectivity index (χ1n) is 9.92. The molecule has 0 bridgehead atoms. The largest absolute Gasteiger partial charge is 0.371 e. The lowest BCUT2D eigenvalue weighted by Crippen LogP contribution is -2.39. The van der Waals surface area contributed by atoms with Gasteiger partial charge in [-0.05, 0) is 69.1 Å². The summed E-state index contributed by atoms with van der Waals surface area (Å²) in [5, 5.41) is 11.8. The molecular weight excluding hydrogens is 348 g/mol. The number of nitriles is 1. The lowest BCUT2D eigenvalue weighted by Gasteiger charge is -2.32. The van der Waals surface area contributed by atoms with Gasteiger partial charge in [-0.15, -0.1) is 0 Å². The number of likely N-dealkylation sites (N-methyl/N-ethyl adjacent to an activating group) is 1. The Hall–Kier alpha value is -2.84. The fourth-order valence-corrected chi connectivity index (χ4v) is 3.57.